The van der Waals surface area contributed by atoms with Gasteiger partial charge in [-0.25, -0.2) is 5.12 Å². The first kappa shape index (κ1) is 19.9. The van der Waals surface area contributed by atoms with Crippen LogP contribution >= 0.6 is 15.9 Å². The zero-order chi connectivity index (χ0) is 18.8. The number of allylic oxidation sites excluding steroid dienone is 3. The third-order valence-corrected chi connectivity index (χ3v) is 4.44. The standard InChI is InChI=1S/C14H13NO.C7H9BrFN/c16-11-10-12-6-4-5-9-14(12)15-13-7-2-1-3-8-13;1-10(9)7-4-2-6(8)3-5-7/h1-9,11,15H,10H2;2,4-6H,3H2,1H3. The lowest BCUT2D eigenvalue weighted by Crippen LogP contribution is -2.08. The van der Waals surface area contributed by atoms with Crippen molar-refractivity contribution in [3.05, 3.63) is 84.1 Å². The summed E-state index contributed by atoms with van der Waals surface area (Å²) >= 11 is 3.39. The molecular weight excluding hydrogens is 395 g/mol. The number of hydrogen-bond acceptors (Lipinski definition) is 3. The van der Waals surface area contributed by atoms with Crippen molar-refractivity contribution in [1.29, 1.82) is 0 Å². The van der Waals surface area contributed by atoms with E-state index in [1.807, 2.05) is 66.7 Å². The second-order valence-corrected chi connectivity index (χ2v) is 6.91. The third kappa shape index (κ3) is 6.48. The Morgan fingerprint density at radius 1 is 1.19 bits per heavy atom. The number of rotatable bonds is 5. The Hall–Kier alpha value is -2.40. The maximum absolute atomic E-state index is 12.4. The number of alkyl halides is 1. The summed E-state index contributed by atoms with van der Waals surface area (Å²) in [6.45, 7) is 0. The first-order valence-corrected chi connectivity index (χ1v) is 9.27. The molecule has 1 unspecified atom stereocenters. The first-order valence-electron chi connectivity index (χ1n) is 8.35. The van der Waals surface area contributed by atoms with E-state index >= 15 is 0 Å². The number of aldehydes is 1. The molecule has 3 rings (SSSR count). The number of anilines is 2. The molecule has 1 N–H and O–H groups in total. The molecule has 0 saturated heterocycles. The smallest absolute Gasteiger partial charge is 0.124 e. The van der Waals surface area contributed by atoms with Crippen molar-refractivity contribution in [2.24, 2.45) is 0 Å². The highest BCUT2D eigenvalue weighted by atomic mass is 79.9. The van der Waals surface area contributed by atoms with Crippen LogP contribution in [-0.4, -0.2) is 23.3 Å². The van der Waals surface area contributed by atoms with Crippen molar-refractivity contribution >= 4 is 33.6 Å². The number of nitrogens with zero attached hydrogens (tertiary/aromatic N) is 1. The average molecular weight is 417 g/mol. The summed E-state index contributed by atoms with van der Waals surface area (Å²) < 4.78 is 12.4. The second kappa shape index (κ2) is 10.6. The molecule has 0 aliphatic heterocycles. The topological polar surface area (TPSA) is 32.3 Å². The molecule has 1 aliphatic rings. The molecule has 1 aliphatic carbocycles. The molecule has 0 heterocycles. The number of hydrogen-bond donors (Lipinski definition) is 1. The van der Waals surface area contributed by atoms with Gasteiger partial charge >= 0.3 is 0 Å². The molecule has 2 aromatic carbocycles. The Kier molecular flexibility index (Phi) is 8.09. The lowest BCUT2D eigenvalue weighted by molar-refractivity contribution is -0.107. The number of likely N-dealkylation sites (N-methyl/N-ethyl adjacent to an activating group) is 1. The average Bonchev–Trinajstić information content (AvgIpc) is 2.65. The summed E-state index contributed by atoms with van der Waals surface area (Å²) in [4.78, 5) is 10.9. The van der Waals surface area contributed by atoms with Gasteiger partial charge in [0.15, 0.2) is 0 Å². The highest BCUT2D eigenvalue weighted by Crippen LogP contribution is 2.20. The van der Waals surface area contributed by atoms with Gasteiger partial charge in [0.25, 0.3) is 0 Å². The van der Waals surface area contributed by atoms with Crippen molar-refractivity contribution in [3.8, 4) is 0 Å². The zero-order valence-electron chi connectivity index (χ0n) is 14.6. The minimum absolute atomic E-state index is 0.371. The van der Waals surface area contributed by atoms with E-state index in [2.05, 4.69) is 21.2 Å². The minimum atomic E-state index is 0.371. The van der Waals surface area contributed by atoms with Crippen LogP contribution in [0.15, 0.2) is 78.5 Å². The largest absolute Gasteiger partial charge is 0.355 e. The van der Waals surface area contributed by atoms with Crippen molar-refractivity contribution in [2.45, 2.75) is 17.7 Å². The molecule has 3 nitrogen and oxygen atoms in total. The first-order chi connectivity index (χ1) is 12.6. The van der Waals surface area contributed by atoms with Crippen LogP contribution in [0.4, 0.5) is 15.9 Å². The number of benzene rings is 2. The van der Waals surface area contributed by atoms with Crippen molar-refractivity contribution in [2.75, 3.05) is 12.4 Å². The monoisotopic (exact) mass is 416 g/mol. The zero-order valence-corrected chi connectivity index (χ0v) is 16.2. The molecule has 26 heavy (non-hydrogen) atoms. The van der Waals surface area contributed by atoms with E-state index in [1.165, 1.54) is 7.05 Å². The summed E-state index contributed by atoms with van der Waals surface area (Å²) in [6.07, 6.45) is 7.79. The molecule has 0 spiro atoms. The quantitative estimate of drug-likeness (QED) is 0.392. The fourth-order valence-electron chi connectivity index (χ4n) is 2.40. The molecule has 0 amide bonds. The van der Waals surface area contributed by atoms with Gasteiger partial charge in [0, 0.05) is 29.7 Å². The van der Waals surface area contributed by atoms with Crippen LogP contribution in [0.2, 0.25) is 0 Å². The highest BCUT2D eigenvalue weighted by Gasteiger charge is 2.06. The molecular formula is C21H22BrFN2O. The van der Waals surface area contributed by atoms with Gasteiger partial charge in [-0.1, -0.05) is 64.5 Å². The van der Waals surface area contributed by atoms with Gasteiger partial charge < -0.3 is 10.1 Å². The fourth-order valence-corrected chi connectivity index (χ4v) is 2.74. The fraction of sp³-hybridized carbons (Fsp3) is 0.190. The lowest BCUT2D eigenvalue weighted by atomic mass is 10.1. The lowest BCUT2D eigenvalue weighted by Gasteiger charge is -2.13. The van der Waals surface area contributed by atoms with E-state index in [-0.39, 0.29) is 0 Å². The predicted octanol–water partition coefficient (Wildman–Crippen LogP) is 5.58. The van der Waals surface area contributed by atoms with Gasteiger partial charge in [0.05, 0.1) is 5.70 Å². The van der Waals surface area contributed by atoms with Gasteiger partial charge in [-0.3, -0.25) is 0 Å². The summed E-state index contributed by atoms with van der Waals surface area (Å²) in [7, 11) is 1.39. The maximum atomic E-state index is 12.4. The number of nitrogens with one attached hydrogen (secondary N) is 1. The van der Waals surface area contributed by atoms with Crippen molar-refractivity contribution in [1.82, 2.24) is 5.12 Å². The number of carbonyl (C=O) groups excluding carboxylic acids is 1. The number of halogens is 2. The van der Waals surface area contributed by atoms with Crippen molar-refractivity contribution < 1.29 is 9.28 Å². The van der Waals surface area contributed by atoms with E-state index in [0.717, 1.165) is 29.6 Å². The molecule has 0 saturated carbocycles. The van der Waals surface area contributed by atoms with Crippen LogP contribution in [0.1, 0.15) is 12.0 Å². The van der Waals surface area contributed by atoms with Gasteiger partial charge in [0.2, 0.25) is 0 Å². The van der Waals surface area contributed by atoms with Gasteiger partial charge in [-0.2, -0.15) is 0 Å². The van der Waals surface area contributed by atoms with Gasteiger partial charge in [-0.05, 0) is 36.3 Å². The molecule has 1 atom stereocenters. The molecule has 0 fully saturated rings. The van der Waals surface area contributed by atoms with Gasteiger partial charge in [-0.15, -0.1) is 4.48 Å². The van der Waals surface area contributed by atoms with Crippen molar-refractivity contribution in [3.63, 3.8) is 0 Å². The highest BCUT2D eigenvalue weighted by molar-refractivity contribution is 9.09. The number of para-hydroxylation sites is 2. The Labute approximate surface area is 162 Å². The Balaban J connectivity index is 0.000000209. The number of carbonyl (C=O) groups is 1. The van der Waals surface area contributed by atoms with E-state index in [4.69, 9.17) is 0 Å². The van der Waals surface area contributed by atoms with E-state index in [9.17, 15) is 9.28 Å². The van der Waals surface area contributed by atoms with Gasteiger partial charge in [0.1, 0.15) is 6.29 Å². The Morgan fingerprint density at radius 3 is 2.50 bits per heavy atom. The Morgan fingerprint density at radius 2 is 1.88 bits per heavy atom. The molecule has 5 heteroatoms. The van der Waals surface area contributed by atoms with E-state index in [0.29, 0.717) is 22.1 Å². The van der Waals surface area contributed by atoms with E-state index in [1.54, 1.807) is 6.08 Å². The van der Waals surface area contributed by atoms with E-state index < -0.39 is 0 Å². The molecule has 0 bridgehead atoms. The molecule has 0 radical (unpaired) electrons. The summed E-state index contributed by atoms with van der Waals surface area (Å²) in [5.74, 6) is 0. The van der Waals surface area contributed by atoms with Crippen LogP contribution in [0.3, 0.4) is 0 Å². The van der Waals surface area contributed by atoms with Crippen LogP contribution in [0.25, 0.3) is 0 Å². The molecule has 2 aromatic rings. The van der Waals surface area contributed by atoms with Crippen LogP contribution in [0.5, 0.6) is 0 Å². The maximum Gasteiger partial charge on any atom is 0.124 e. The summed E-state index contributed by atoms with van der Waals surface area (Å²) in [6, 6.07) is 17.8. The van der Waals surface area contributed by atoms with Crippen LogP contribution in [-0.2, 0) is 11.2 Å². The predicted molar refractivity (Wildman–Crippen MR) is 109 cm³/mol. The Bertz CT molecular complexity index is 760. The second-order valence-electron chi connectivity index (χ2n) is 5.74. The molecule has 0 aromatic heterocycles. The summed E-state index contributed by atoms with van der Waals surface area (Å²) in [5, 5.41) is 3.92. The minimum Gasteiger partial charge on any atom is -0.355 e. The molecule has 136 valence electrons. The summed E-state index contributed by atoms with van der Waals surface area (Å²) in [5.41, 5.74) is 3.67. The SMILES string of the molecule is CN(F)C1=CCC(Br)C=C1.O=CCc1ccccc1Nc1ccccc1. The third-order valence-electron chi connectivity index (χ3n) is 3.76. The normalized spacial score (nSPS) is 15.3. The van der Waals surface area contributed by atoms with Crippen LogP contribution < -0.4 is 5.32 Å². The van der Waals surface area contributed by atoms with Crippen LogP contribution in [0, 0.1) is 0 Å².